The first-order valence-electron chi connectivity index (χ1n) is 10.2. The second-order valence-corrected chi connectivity index (χ2v) is 7.34. The summed E-state index contributed by atoms with van der Waals surface area (Å²) in [5.41, 5.74) is 1.80. The van der Waals surface area contributed by atoms with Crippen LogP contribution in [0.15, 0.2) is 52.1 Å². The number of carbonyl (C=O) groups is 2. The van der Waals surface area contributed by atoms with Crippen molar-refractivity contribution in [1.29, 1.82) is 0 Å². The van der Waals surface area contributed by atoms with Crippen LogP contribution in [0.2, 0.25) is 0 Å². The largest absolute Gasteiger partial charge is 0.459 e. The minimum absolute atomic E-state index is 0.111. The second-order valence-electron chi connectivity index (χ2n) is 7.34. The molecule has 8 nitrogen and oxygen atoms in total. The summed E-state index contributed by atoms with van der Waals surface area (Å²) in [5.74, 6) is 1.42. The fourth-order valence-corrected chi connectivity index (χ4v) is 3.53. The van der Waals surface area contributed by atoms with Crippen LogP contribution >= 0.6 is 0 Å². The minimum atomic E-state index is -0.272. The maximum Gasteiger partial charge on any atom is 0.291 e. The van der Waals surface area contributed by atoms with Crippen molar-refractivity contribution in [1.82, 2.24) is 15.5 Å². The van der Waals surface area contributed by atoms with E-state index in [0.717, 1.165) is 37.5 Å². The molecule has 3 N–H and O–H groups in total. The Morgan fingerprint density at radius 2 is 1.90 bits per heavy atom. The molecule has 1 aromatic heterocycles. The SMILES string of the molecule is CN=C(NCc1ccc(NC(=O)c2ccco2)cc1)N1CCC(CC(=O)NC)CC1. The molecule has 0 spiro atoms. The number of nitrogens with zero attached hydrogens (tertiary/aromatic N) is 2. The zero-order valence-corrected chi connectivity index (χ0v) is 17.5. The van der Waals surface area contributed by atoms with Gasteiger partial charge in [-0.05, 0) is 48.6 Å². The summed E-state index contributed by atoms with van der Waals surface area (Å²) in [6.45, 7) is 2.41. The summed E-state index contributed by atoms with van der Waals surface area (Å²) in [7, 11) is 3.47. The molecule has 1 fully saturated rings. The van der Waals surface area contributed by atoms with Gasteiger partial charge in [-0.1, -0.05) is 12.1 Å². The Morgan fingerprint density at radius 3 is 2.50 bits per heavy atom. The number of anilines is 1. The zero-order chi connectivity index (χ0) is 21.3. The van der Waals surface area contributed by atoms with E-state index in [4.69, 9.17) is 4.42 Å². The Hall–Kier alpha value is -3.29. The van der Waals surface area contributed by atoms with E-state index in [1.807, 2.05) is 24.3 Å². The molecule has 1 aliphatic heterocycles. The number of benzene rings is 1. The Balaban J connectivity index is 1.46. The van der Waals surface area contributed by atoms with Gasteiger partial charge in [0, 0.05) is 45.8 Å². The van der Waals surface area contributed by atoms with Crippen molar-refractivity contribution in [2.75, 3.05) is 32.5 Å². The van der Waals surface area contributed by atoms with Crippen LogP contribution in [0.25, 0.3) is 0 Å². The third-order valence-corrected chi connectivity index (χ3v) is 5.29. The number of hydrogen-bond acceptors (Lipinski definition) is 4. The molecule has 30 heavy (non-hydrogen) atoms. The maximum atomic E-state index is 12.0. The Labute approximate surface area is 176 Å². The van der Waals surface area contributed by atoms with E-state index in [1.54, 1.807) is 26.2 Å². The van der Waals surface area contributed by atoms with Gasteiger partial charge in [0.05, 0.1) is 6.26 Å². The van der Waals surface area contributed by atoms with Crippen molar-refractivity contribution < 1.29 is 14.0 Å². The molecule has 1 aromatic carbocycles. The second kappa shape index (κ2) is 10.5. The van der Waals surface area contributed by atoms with Crippen molar-refractivity contribution >= 4 is 23.5 Å². The molecule has 3 rings (SSSR count). The van der Waals surface area contributed by atoms with E-state index in [9.17, 15) is 9.59 Å². The lowest BCUT2D eigenvalue weighted by molar-refractivity contribution is -0.121. The molecule has 8 heteroatoms. The first-order chi connectivity index (χ1) is 14.6. The predicted molar refractivity (Wildman–Crippen MR) is 116 cm³/mol. The van der Waals surface area contributed by atoms with Crippen LogP contribution in [-0.2, 0) is 11.3 Å². The number of guanidine groups is 1. The van der Waals surface area contributed by atoms with Crippen molar-refractivity contribution in [2.24, 2.45) is 10.9 Å². The van der Waals surface area contributed by atoms with Gasteiger partial charge in [-0.3, -0.25) is 14.6 Å². The van der Waals surface area contributed by atoms with Gasteiger partial charge in [0.25, 0.3) is 5.91 Å². The van der Waals surface area contributed by atoms with Crippen LogP contribution in [-0.4, -0.2) is 49.9 Å². The van der Waals surface area contributed by atoms with Gasteiger partial charge in [-0.2, -0.15) is 0 Å². The molecule has 160 valence electrons. The fraction of sp³-hybridized carbons (Fsp3) is 0.409. The third-order valence-electron chi connectivity index (χ3n) is 5.29. The lowest BCUT2D eigenvalue weighted by Crippen LogP contribution is -2.45. The number of aliphatic imine (C=N–C) groups is 1. The first kappa shape index (κ1) is 21.4. The fourth-order valence-electron chi connectivity index (χ4n) is 3.53. The number of nitrogens with one attached hydrogen (secondary N) is 3. The van der Waals surface area contributed by atoms with Crippen molar-refractivity contribution in [2.45, 2.75) is 25.8 Å². The molecule has 0 aliphatic carbocycles. The average molecular weight is 412 g/mol. The zero-order valence-electron chi connectivity index (χ0n) is 17.5. The van der Waals surface area contributed by atoms with Crippen molar-refractivity contribution in [3.05, 3.63) is 54.0 Å². The van der Waals surface area contributed by atoms with Gasteiger partial charge in [0.1, 0.15) is 0 Å². The quantitative estimate of drug-likeness (QED) is 0.501. The monoisotopic (exact) mass is 411 g/mol. The highest BCUT2D eigenvalue weighted by Crippen LogP contribution is 2.20. The molecule has 0 bridgehead atoms. The lowest BCUT2D eigenvalue weighted by Gasteiger charge is -2.34. The van der Waals surface area contributed by atoms with Crippen LogP contribution in [0.3, 0.4) is 0 Å². The summed E-state index contributed by atoms with van der Waals surface area (Å²) < 4.78 is 5.10. The van der Waals surface area contributed by atoms with Crippen LogP contribution in [0.1, 0.15) is 35.4 Å². The lowest BCUT2D eigenvalue weighted by atomic mass is 9.93. The number of carbonyl (C=O) groups excluding carboxylic acids is 2. The summed E-state index contributed by atoms with van der Waals surface area (Å²) in [6, 6.07) is 11.0. The molecule has 2 amide bonds. The molecule has 0 radical (unpaired) electrons. The van der Waals surface area contributed by atoms with E-state index in [1.165, 1.54) is 6.26 Å². The Bertz CT molecular complexity index is 853. The molecule has 0 saturated carbocycles. The van der Waals surface area contributed by atoms with Crippen LogP contribution in [0, 0.1) is 5.92 Å². The van der Waals surface area contributed by atoms with E-state index >= 15 is 0 Å². The maximum absolute atomic E-state index is 12.0. The number of amides is 2. The average Bonchev–Trinajstić information content (AvgIpc) is 3.31. The first-order valence-corrected chi connectivity index (χ1v) is 10.2. The van der Waals surface area contributed by atoms with E-state index < -0.39 is 0 Å². The number of furan rings is 1. The molecular weight excluding hydrogens is 382 g/mol. The van der Waals surface area contributed by atoms with Gasteiger partial charge in [-0.25, -0.2) is 0 Å². The van der Waals surface area contributed by atoms with Gasteiger partial charge in [-0.15, -0.1) is 0 Å². The topological polar surface area (TPSA) is 99.0 Å². The number of rotatable bonds is 6. The Morgan fingerprint density at radius 1 is 1.17 bits per heavy atom. The normalized spacial score (nSPS) is 15.0. The molecule has 2 aromatic rings. The molecule has 0 unspecified atom stereocenters. The van der Waals surface area contributed by atoms with Gasteiger partial charge in [0.2, 0.25) is 5.91 Å². The highest BCUT2D eigenvalue weighted by molar-refractivity contribution is 6.02. The molecular formula is C22H29N5O3. The summed E-state index contributed by atoms with van der Waals surface area (Å²) in [6.07, 6.45) is 4.04. The van der Waals surface area contributed by atoms with Crippen molar-refractivity contribution in [3.8, 4) is 0 Å². The van der Waals surface area contributed by atoms with Crippen LogP contribution in [0.4, 0.5) is 5.69 Å². The number of piperidine rings is 1. The smallest absolute Gasteiger partial charge is 0.291 e. The van der Waals surface area contributed by atoms with Gasteiger partial charge in [0.15, 0.2) is 11.7 Å². The highest BCUT2D eigenvalue weighted by atomic mass is 16.3. The summed E-state index contributed by atoms with van der Waals surface area (Å²) in [5, 5.41) is 8.91. The van der Waals surface area contributed by atoms with E-state index in [0.29, 0.717) is 24.6 Å². The van der Waals surface area contributed by atoms with Crippen molar-refractivity contribution in [3.63, 3.8) is 0 Å². The number of likely N-dealkylation sites (tertiary alicyclic amines) is 1. The number of hydrogen-bond donors (Lipinski definition) is 3. The molecule has 0 atom stereocenters. The van der Waals surface area contributed by atoms with Crippen LogP contribution < -0.4 is 16.0 Å². The summed E-state index contributed by atoms with van der Waals surface area (Å²) >= 11 is 0. The third kappa shape index (κ3) is 5.85. The standard InChI is InChI=1S/C22H29N5O3/c1-23-20(28)14-16-9-11-27(12-10-16)22(24-2)25-15-17-5-7-18(8-6-17)26-21(29)19-4-3-13-30-19/h3-8,13,16H,9-12,14-15H2,1-2H3,(H,23,28)(H,24,25)(H,26,29). The van der Waals surface area contributed by atoms with E-state index in [-0.39, 0.29) is 17.6 Å². The molecule has 1 aliphatic rings. The minimum Gasteiger partial charge on any atom is -0.459 e. The highest BCUT2D eigenvalue weighted by Gasteiger charge is 2.23. The predicted octanol–water partition coefficient (Wildman–Crippen LogP) is 2.46. The summed E-state index contributed by atoms with van der Waals surface area (Å²) in [4.78, 5) is 30.2. The van der Waals surface area contributed by atoms with Gasteiger partial charge < -0.3 is 25.3 Å². The molecule has 1 saturated heterocycles. The van der Waals surface area contributed by atoms with E-state index in [2.05, 4.69) is 25.8 Å². The Kier molecular flexibility index (Phi) is 7.48. The molecule has 2 heterocycles. The van der Waals surface area contributed by atoms with Gasteiger partial charge >= 0.3 is 0 Å². The van der Waals surface area contributed by atoms with Crippen LogP contribution in [0.5, 0.6) is 0 Å².